The molecule has 1 aromatic carbocycles. The first kappa shape index (κ1) is 12.8. The lowest BCUT2D eigenvalue weighted by Crippen LogP contribution is -2.32. The van der Waals surface area contributed by atoms with Gasteiger partial charge in [-0.3, -0.25) is 4.79 Å². The number of nitrogens with one attached hydrogen (secondary N) is 1. The van der Waals surface area contributed by atoms with Crippen molar-refractivity contribution >= 4 is 5.69 Å². The topological polar surface area (TPSA) is 59.8 Å². The fraction of sp³-hybridized carbons (Fsp3) is 0.400. The van der Waals surface area contributed by atoms with Crippen molar-refractivity contribution in [2.45, 2.75) is 33.4 Å². The van der Waals surface area contributed by atoms with Crippen LogP contribution in [-0.4, -0.2) is 14.8 Å². The van der Waals surface area contributed by atoms with Gasteiger partial charge in [0.25, 0.3) is 5.56 Å². The SMILES string of the molecule is Cc1nn2c(nc1=O)-c1ccccc1N[C@H]2CC(C)C. The minimum Gasteiger partial charge on any atom is -0.363 e. The smallest absolute Gasteiger partial charge is 0.294 e. The molecular weight excluding hydrogens is 252 g/mol. The molecule has 2 heterocycles. The Bertz CT molecular complexity index is 705. The normalized spacial score (nSPS) is 16.5. The Balaban J connectivity index is 2.20. The fourth-order valence-electron chi connectivity index (χ4n) is 2.53. The van der Waals surface area contributed by atoms with Crippen molar-refractivity contribution in [1.29, 1.82) is 0 Å². The quantitative estimate of drug-likeness (QED) is 0.911. The molecule has 2 aromatic rings. The van der Waals surface area contributed by atoms with Crippen LogP contribution in [0.3, 0.4) is 0 Å². The van der Waals surface area contributed by atoms with Crippen molar-refractivity contribution in [3.63, 3.8) is 0 Å². The van der Waals surface area contributed by atoms with Gasteiger partial charge < -0.3 is 5.32 Å². The predicted octanol–water partition coefficient (Wildman–Crippen LogP) is 2.58. The summed E-state index contributed by atoms with van der Waals surface area (Å²) in [5, 5.41) is 7.92. The molecule has 0 saturated heterocycles. The van der Waals surface area contributed by atoms with Gasteiger partial charge in [-0.1, -0.05) is 26.0 Å². The van der Waals surface area contributed by atoms with E-state index in [-0.39, 0.29) is 11.7 Å². The lowest BCUT2D eigenvalue weighted by Gasteiger charge is -2.31. The highest BCUT2D eigenvalue weighted by Gasteiger charge is 2.26. The highest BCUT2D eigenvalue weighted by Crippen LogP contribution is 2.35. The van der Waals surface area contributed by atoms with E-state index in [4.69, 9.17) is 0 Å². The number of aryl methyl sites for hydroxylation is 1. The first-order valence-corrected chi connectivity index (χ1v) is 6.89. The van der Waals surface area contributed by atoms with Crippen LogP contribution in [0.4, 0.5) is 5.69 Å². The maximum atomic E-state index is 11.8. The van der Waals surface area contributed by atoms with Gasteiger partial charge in [0.05, 0.1) is 0 Å². The molecule has 1 aliphatic heterocycles. The van der Waals surface area contributed by atoms with E-state index in [1.807, 2.05) is 28.9 Å². The van der Waals surface area contributed by atoms with Crippen molar-refractivity contribution in [2.24, 2.45) is 5.92 Å². The molecule has 0 fully saturated rings. The van der Waals surface area contributed by atoms with Crippen molar-refractivity contribution in [2.75, 3.05) is 5.32 Å². The maximum Gasteiger partial charge on any atom is 0.294 e. The van der Waals surface area contributed by atoms with E-state index in [9.17, 15) is 4.79 Å². The van der Waals surface area contributed by atoms with E-state index >= 15 is 0 Å². The molecule has 0 amide bonds. The third kappa shape index (κ3) is 2.09. The molecule has 5 nitrogen and oxygen atoms in total. The number of nitrogens with zero attached hydrogens (tertiary/aromatic N) is 3. The third-order valence-electron chi connectivity index (χ3n) is 3.47. The molecule has 0 unspecified atom stereocenters. The Labute approximate surface area is 117 Å². The molecule has 104 valence electrons. The number of hydrogen-bond donors (Lipinski definition) is 1. The zero-order chi connectivity index (χ0) is 14.3. The predicted molar refractivity (Wildman–Crippen MR) is 78.6 cm³/mol. The van der Waals surface area contributed by atoms with Gasteiger partial charge in [-0.25, -0.2) is 4.68 Å². The van der Waals surface area contributed by atoms with Crippen molar-refractivity contribution in [3.05, 3.63) is 40.3 Å². The summed E-state index contributed by atoms with van der Waals surface area (Å²) in [5.41, 5.74) is 2.12. The number of rotatable bonds is 2. The summed E-state index contributed by atoms with van der Waals surface area (Å²) in [6.07, 6.45) is 0.963. The Morgan fingerprint density at radius 1 is 1.35 bits per heavy atom. The molecule has 0 spiro atoms. The zero-order valence-corrected chi connectivity index (χ0v) is 11.9. The molecule has 3 rings (SSSR count). The van der Waals surface area contributed by atoms with Gasteiger partial charge in [0.1, 0.15) is 11.9 Å². The molecule has 0 saturated carbocycles. The summed E-state index contributed by atoms with van der Waals surface area (Å²) in [6.45, 7) is 6.05. The summed E-state index contributed by atoms with van der Waals surface area (Å²) < 4.78 is 1.85. The molecule has 0 bridgehead atoms. The molecule has 1 aliphatic rings. The lowest BCUT2D eigenvalue weighted by molar-refractivity contribution is 0.394. The van der Waals surface area contributed by atoms with E-state index in [2.05, 4.69) is 29.2 Å². The van der Waals surface area contributed by atoms with E-state index < -0.39 is 0 Å². The summed E-state index contributed by atoms with van der Waals surface area (Å²) in [6, 6.07) is 7.90. The third-order valence-corrected chi connectivity index (χ3v) is 3.47. The van der Waals surface area contributed by atoms with Crippen LogP contribution in [0, 0.1) is 12.8 Å². The van der Waals surface area contributed by atoms with Gasteiger partial charge in [0.2, 0.25) is 0 Å². The molecular formula is C15H18N4O. The van der Waals surface area contributed by atoms with Crippen LogP contribution in [0.15, 0.2) is 29.1 Å². The molecule has 0 aliphatic carbocycles. The number of hydrogen-bond acceptors (Lipinski definition) is 4. The van der Waals surface area contributed by atoms with Crippen molar-refractivity contribution in [1.82, 2.24) is 14.8 Å². The van der Waals surface area contributed by atoms with E-state index in [0.717, 1.165) is 17.7 Å². The van der Waals surface area contributed by atoms with E-state index in [0.29, 0.717) is 17.4 Å². The van der Waals surface area contributed by atoms with E-state index in [1.54, 1.807) is 6.92 Å². The van der Waals surface area contributed by atoms with Crippen LogP contribution in [0.25, 0.3) is 11.4 Å². The zero-order valence-electron chi connectivity index (χ0n) is 11.9. The minimum atomic E-state index is -0.253. The molecule has 0 radical (unpaired) electrons. The van der Waals surface area contributed by atoms with Crippen LogP contribution < -0.4 is 10.9 Å². The second kappa shape index (κ2) is 4.74. The van der Waals surface area contributed by atoms with Gasteiger partial charge in [-0.05, 0) is 31.4 Å². The molecule has 20 heavy (non-hydrogen) atoms. The largest absolute Gasteiger partial charge is 0.363 e. The first-order valence-electron chi connectivity index (χ1n) is 6.89. The molecule has 5 heteroatoms. The number of fused-ring (bicyclic) bond motifs is 3. The van der Waals surface area contributed by atoms with Crippen LogP contribution >= 0.6 is 0 Å². The van der Waals surface area contributed by atoms with Gasteiger partial charge in [0, 0.05) is 11.3 Å². The van der Waals surface area contributed by atoms with Crippen LogP contribution in [0.1, 0.15) is 32.1 Å². The van der Waals surface area contributed by atoms with Crippen molar-refractivity contribution < 1.29 is 0 Å². The van der Waals surface area contributed by atoms with Gasteiger partial charge >= 0.3 is 0 Å². The monoisotopic (exact) mass is 270 g/mol. The second-order valence-electron chi connectivity index (χ2n) is 5.61. The summed E-state index contributed by atoms with van der Waals surface area (Å²) >= 11 is 0. The maximum absolute atomic E-state index is 11.8. The van der Waals surface area contributed by atoms with Crippen LogP contribution in [0.2, 0.25) is 0 Å². The summed E-state index contributed by atoms with van der Waals surface area (Å²) in [7, 11) is 0. The lowest BCUT2D eigenvalue weighted by atomic mass is 10.0. The second-order valence-corrected chi connectivity index (χ2v) is 5.61. The Morgan fingerprint density at radius 3 is 2.85 bits per heavy atom. The van der Waals surface area contributed by atoms with Gasteiger partial charge in [0.15, 0.2) is 5.82 Å². The Morgan fingerprint density at radius 2 is 2.10 bits per heavy atom. The number of aromatic nitrogens is 3. The fourth-order valence-corrected chi connectivity index (χ4v) is 2.53. The molecule has 1 aromatic heterocycles. The van der Waals surface area contributed by atoms with Gasteiger partial charge in [-0.15, -0.1) is 0 Å². The Kier molecular flexibility index (Phi) is 3.04. The van der Waals surface area contributed by atoms with Crippen molar-refractivity contribution in [3.8, 4) is 11.4 Å². The summed E-state index contributed by atoms with van der Waals surface area (Å²) in [4.78, 5) is 16.0. The standard InChI is InChI=1S/C15H18N4O/c1-9(2)8-13-16-12-7-5-4-6-11(12)14-17-15(20)10(3)18-19(13)14/h4-7,9,13,16H,8H2,1-3H3/t13-/m1/s1. The first-order chi connectivity index (χ1) is 9.56. The minimum absolute atomic E-state index is 0.0340. The Hall–Kier alpha value is -2.17. The summed E-state index contributed by atoms with van der Waals surface area (Å²) in [5.74, 6) is 1.17. The number of para-hydroxylation sites is 1. The molecule has 1 N–H and O–H groups in total. The van der Waals surface area contributed by atoms with E-state index in [1.165, 1.54) is 0 Å². The molecule has 1 atom stereocenters. The number of anilines is 1. The highest BCUT2D eigenvalue weighted by atomic mass is 16.1. The number of benzene rings is 1. The highest BCUT2D eigenvalue weighted by molar-refractivity contribution is 5.75. The average molecular weight is 270 g/mol. The average Bonchev–Trinajstić information content (AvgIpc) is 2.40. The van der Waals surface area contributed by atoms with Crippen LogP contribution in [-0.2, 0) is 0 Å². The van der Waals surface area contributed by atoms with Crippen LogP contribution in [0.5, 0.6) is 0 Å². The van der Waals surface area contributed by atoms with Gasteiger partial charge in [-0.2, -0.15) is 10.1 Å².